The lowest BCUT2D eigenvalue weighted by Gasteiger charge is -2.37. The van der Waals surface area contributed by atoms with Crippen molar-refractivity contribution in [2.45, 2.75) is 33.6 Å². The molecule has 0 bridgehead atoms. The van der Waals surface area contributed by atoms with Crippen LogP contribution in [0.5, 0.6) is 0 Å². The fourth-order valence-corrected chi connectivity index (χ4v) is 3.59. The first-order valence-electron chi connectivity index (χ1n) is 10.1. The number of hydrogen-bond acceptors (Lipinski definition) is 4. The maximum absolute atomic E-state index is 12.8. The van der Waals surface area contributed by atoms with Crippen LogP contribution in [0.25, 0.3) is 0 Å². The molecule has 1 N–H and O–H groups in total. The van der Waals surface area contributed by atoms with Crippen molar-refractivity contribution in [3.8, 4) is 0 Å². The predicted molar refractivity (Wildman–Crippen MR) is 116 cm³/mol. The molecule has 0 saturated carbocycles. The highest BCUT2D eigenvalue weighted by Gasteiger charge is 2.29. The number of carbonyl (C=O) groups excluding carboxylic acids is 2. The molecule has 29 heavy (non-hydrogen) atoms. The second kappa shape index (κ2) is 9.07. The Morgan fingerprint density at radius 3 is 2.31 bits per heavy atom. The number of anilines is 2. The summed E-state index contributed by atoms with van der Waals surface area (Å²) in [4.78, 5) is 33.7. The Hall–Kier alpha value is -2.89. The Balaban J connectivity index is 1.47. The minimum atomic E-state index is -0.399. The fourth-order valence-electron chi connectivity index (χ4n) is 3.59. The molecule has 6 nitrogen and oxygen atoms in total. The van der Waals surface area contributed by atoms with Crippen LogP contribution in [0.4, 0.5) is 11.5 Å². The summed E-state index contributed by atoms with van der Waals surface area (Å²) in [5.74, 6) is 0.998. The van der Waals surface area contributed by atoms with Crippen LogP contribution in [0.2, 0.25) is 0 Å². The Bertz CT molecular complexity index is 826. The van der Waals surface area contributed by atoms with Gasteiger partial charge in [0, 0.05) is 50.9 Å². The van der Waals surface area contributed by atoms with Gasteiger partial charge in [0.25, 0.3) is 0 Å². The first kappa shape index (κ1) is 20.8. The SMILES string of the molecule is Cc1ccc(NC(=O)CC(C)(C)CC(=O)N2CCN(c3ccccn3)CC2)cc1. The summed E-state index contributed by atoms with van der Waals surface area (Å²) >= 11 is 0. The van der Waals surface area contributed by atoms with E-state index in [9.17, 15) is 9.59 Å². The number of piperazine rings is 1. The van der Waals surface area contributed by atoms with E-state index in [0.717, 1.165) is 30.2 Å². The molecule has 2 heterocycles. The van der Waals surface area contributed by atoms with Gasteiger partial charge >= 0.3 is 0 Å². The number of benzene rings is 1. The van der Waals surface area contributed by atoms with Crippen LogP contribution in [-0.2, 0) is 9.59 Å². The van der Waals surface area contributed by atoms with E-state index in [0.29, 0.717) is 25.9 Å². The average molecular weight is 395 g/mol. The molecule has 0 aliphatic carbocycles. The number of rotatable bonds is 6. The van der Waals surface area contributed by atoms with Gasteiger partial charge in [-0.1, -0.05) is 37.6 Å². The molecule has 1 aromatic heterocycles. The van der Waals surface area contributed by atoms with Gasteiger partial charge in [-0.3, -0.25) is 9.59 Å². The lowest BCUT2D eigenvalue weighted by Crippen LogP contribution is -2.49. The highest BCUT2D eigenvalue weighted by molar-refractivity contribution is 5.91. The molecule has 1 aromatic carbocycles. The third-order valence-electron chi connectivity index (χ3n) is 5.21. The van der Waals surface area contributed by atoms with E-state index in [1.54, 1.807) is 6.20 Å². The Morgan fingerprint density at radius 2 is 1.69 bits per heavy atom. The highest BCUT2D eigenvalue weighted by atomic mass is 16.2. The number of nitrogens with one attached hydrogen (secondary N) is 1. The normalized spacial score (nSPS) is 14.6. The molecule has 3 rings (SSSR count). The zero-order valence-corrected chi connectivity index (χ0v) is 17.5. The number of amides is 2. The van der Waals surface area contributed by atoms with Crippen LogP contribution in [0.15, 0.2) is 48.7 Å². The van der Waals surface area contributed by atoms with Gasteiger partial charge in [-0.15, -0.1) is 0 Å². The molecule has 0 atom stereocenters. The molecule has 1 aliphatic rings. The van der Waals surface area contributed by atoms with Crippen LogP contribution in [-0.4, -0.2) is 47.9 Å². The van der Waals surface area contributed by atoms with Gasteiger partial charge in [-0.05, 0) is 36.6 Å². The van der Waals surface area contributed by atoms with Crippen molar-refractivity contribution >= 4 is 23.3 Å². The largest absolute Gasteiger partial charge is 0.353 e. The third-order valence-corrected chi connectivity index (χ3v) is 5.21. The van der Waals surface area contributed by atoms with Gasteiger partial charge in [-0.2, -0.15) is 0 Å². The summed E-state index contributed by atoms with van der Waals surface area (Å²) in [6.07, 6.45) is 2.45. The van der Waals surface area contributed by atoms with E-state index in [2.05, 4.69) is 15.2 Å². The quantitative estimate of drug-likeness (QED) is 0.815. The van der Waals surface area contributed by atoms with Crippen molar-refractivity contribution in [3.05, 3.63) is 54.2 Å². The lowest BCUT2D eigenvalue weighted by atomic mass is 9.84. The molecule has 0 unspecified atom stereocenters. The predicted octanol–water partition coefficient (Wildman–Crippen LogP) is 3.48. The standard InChI is InChI=1S/C23H30N4O2/c1-18-7-9-19(10-8-18)25-21(28)16-23(2,3)17-22(29)27-14-12-26(13-15-27)20-6-4-5-11-24-20/h4-11H,12-17H2,1-3H3,(H,25,28). The van der Waals surface area contributed by atoms with E-state index in [4.69, 9.17) is 0 Å². The second-order valence-electron chi connectivity index (χ2n) is 8.49. The van der Waals surface area contributed by atoms with E-state index in [-0.39, 0.29) is 11.8 Å². The van der Waals surface area contributed by atoms with Gasteiger partial charge in [0.05, 0.1) is 0 Å². The maximum atomic E-state index is 12.8. The lowest BCUT2D eigenvalue weighted by molar-refractivity contribution is -0.134. The second-order valence-corrected chi connectivity index (χ2v) is 8.49. The number of hydrogen-bond donors (Lipinski definition) is 1. The van der Waals surface area contributed by atoms with E-state index in [1.807, 2.05) is 68.1 Å². The molecular formula is C23H30N4O2. The van der Waals surface area contributed by atoms with Crippen molar-refractivity contribution in [2.75, 3.05) is 36.4 Å². The molecule has 2 amide bonds. The van der Waals surface area contributed by atoms with Gasteiger partial charge in [-0.25, -0.2) is 4.98 Å². The number of aryl methyl sites for hydroxylation is 1. The molecule has 154 valence electrons. The first-order valence-corrected chi connectivity index (χ1v) is 10.1. The van der Waals surface area contributed by atoms with Gasteiger partial charge < -0.3 is 15.1 Å². The topological polar surface area (TPSA) is 65.5 Å². The Kier molecular flexibility index (Phi) is 6.52. The third kappa shape index (κ3) is 6.04. The molecule has 1 aliphatic heterocycles. The van der Waals surface area contributed by atoms with Gasteiger partial charge in [0.15, 0.2) is 0 Å². The minimum Gasteiger partial charge on any atom is -0.353 e. The van der Waals surface area contributed by atoms with Gasteiger partial charge in [0.1, 0.15) is 5.82 Å². The number of aromatic nitrogens is 1. The van der Waals surface area contributed by atoms with Crippen molar-refractivity contribution in [2.24, 2.45) is 5.41 Å². The summed E-state index contributed by atoms with van der Waals surface area (Å²) in [6.45, 7) is 8.88. The molecule has 1 saturated heterocycles. The van der Waals surface area contributed by atoms with Crippen molar-refractivity contribution in [1.29, 1.82) is 0 Å². The zero-order valence-electron chi connectivity index (χ0n) is 17.5. The minimum absolute atomic E-state index is 0.0633. The monoisotopic (exact) mass is 394 g/mol. The van der Waals surface area contributed by atoms with Crippen LogP contribution >= 0.6 is 0 Å². The Labute approximate surface area is 172 Å². The molecule has 2 aromatic rings. The first-order chi connectivity index (χ1) is 13.8. The summed E-state index contributed by atoms with van der Waals surface area (Å²) in [7, 11) is 0. The zero-order chi connectivity index (χ0) is 20.9. The average Bonchev–Trinajstić information content (AvgIpc) is 2.69. The van der Waals surface area contributed by atoms with Crippen LogP contribution in [0, 0.1) is 12.3 Å². The van der Waals surface area contributed by atoms with Gasteiger partial charge in [0.2, 0.25) is 11.8 Å². The summed E-state index contributed by atoms with van der Waals surface area (Å²) in [5, 5.41) is 2.92. The van der Waals surface area contributed by atoms with E-state index in [1.165, 1.54) is 0 Å². The molecule has 0 spiro atoms. The molecule has 0 radical (unpaired) electrons. The summed E-state index contributed by atoms with van der Waals surface area (Å²) in [5.41, 5.74) is 1.54. The number of pyridine rings is 1. The van der Waals surface area contributed by atoms with Crippen molar-refractivity contribution in [3.63, 3.8) is 0 Å². The number of nitrogens with zero attached hydrogens (tertiary/aromatic N) is 3. The number of carbonyl (C=O) groups is 2. The van der Waals surface area contributed by atoms with Crippen molar-refractivity contribution in [1.82, 2.24) is 9.88 Å². The summed E-state index contributed by atoms with van der Waals surface area (Å²) < 4.78 is 0. The Morgan fingerprint density at radius 1 is 1.00 bits per heavy atom. The summed E-state index contributed by atoms with van der Waals surface area (Å²) in [6, 6.07) is 13.6. The maximum Gasteiger partial charge on any atom is 0.224 e. The molecule has 6 heteroatoms. The smallest absolute Gasteiger partial charge is 0.224 e. The van der Waals surface area contributed by atoms with E-state index < -0.39 is 5.41 Å². The van der Waals surface area contributed by atoms with Crippen molar-refractivity contribution < 1.29 is 9.59 Å². The van der Waals surface area contributed by atoms with Crippen LogP contribution < -0.4 is 10.2 Å². The van der Waals surface area contributed by atoms with E-state index >= 15 is 0 Å². The molecular weight excluding hydrogens is 364 g/mol. The van der Waals surface area contributed by atoms with Crippen LogP contribution in [0.3, 0.4) is 0 Å². The highest BCUT2D eigenvalue weighted by Crippen LogP contribution is 2.27. The molecule has 1 fully saturated rings. The van der Waals surface area contributed by atoms with Crippen LogP contribution in [0.1, 0.15) is 32.3 Å². The fraction of sp³-hybridized carbons (Fsp3) is 0.435.